The van der Waals surface area contributed by atoms with Crippen LogP contribution in [0.3, 0.4) is 0 Å². The Labute approximate surface area is 120 Å². The Kier molecular flexibility index (Phi) is 5.16. The predicted molar refractivity (Wildman–Crippen MR) is 80.7 cm³/mol. The largest absolute Gasteiger partial charge is 0.497 e. The van der Waals surface area contributed by atoms with Crippen LogP contribution in [0.4, 0.5) is 0 Å². The standard InChI is InChI=1S/C17H21NO2/c1-13(18-12-14-7-4-3-5-8-14)17(19)15-9-6-10-16(11-15)20-2/h3-11,13,17-19H,12H2,1-2H3. The van der Waals surface area contributed by atoms with Crippen molar-refractivity contribution in [3.05, 3.63) is 65.7 Å². The number of rotatable bonds is 6. The van der Waals surface area contributed by atoms with Gasteiger partial charge in [-0.15, -0.1) is 0 Å². The molecule has 2 aromatic carbocycles. The van der Waals surface area contributed by atoms with E-state index < -0.39 is 6.10 Å². The summed E-state index contributed by atoms with van der Waals surface area (Å²) < 4.78 is 5.18. The van der Waals surface area contributed by atoms with Crippen molar-refractivity contribution in [2.75, 3.05) is 7.11 Å². The van der Waals surface area contributed by atoms with Gasteiger partial charge in [0.05, 0.1) is 13.2 Å². The maximum Gasteiger partial charge on any atom is 0.119 e. The molecule has 0 spiro atoms. The zero-order valence-corrected chi connectivity index (χ0v) is 11.9. The van der Waals surface area contributed by atoms with E-state index in [0.29, 0.717) is 0 Å². The average Bonchev–Trinajstić information content (AvgIpc) is 2.53. The summed E-state index contributed by atoms with van der Waals surface area (Å²) in [7, 11) is 1.63. The SMILES string of the molecule is COc1cccc(C(O)C(C)NCc2ccccc2)c1. The van der Waals surface area contributed by atoms with Crippen LogP contribution < -0.4 is 10.1 Å². The lowest BCUT2D eigenvalue weighted by molar-refractivity contribution is 0.135. The van der Waals surface area contributed by atoms with Gasteiger partial charge in [-0.2, -0.15) is 0 Å². The average molecular weight is 271 g/mol. The Morgan fingerprint density at radius 3 is 2.55 bits per heavy atom. The molecule has 0 saturated heterocycles. The van der Waals surface area contributed by atoms with Crippen molar-refractivity contribution in [2.24, 2.45) is 0 Å². The van der Waals surface area contributed by atoms with E-state index in [1.165, 1.54) is 5.56 Å². The third-order valence-corrected chi connectivity index (χ3v) is 3.38. The van der Waals surface area contributed by atoms with Crippen LogP contribution in [0.1, 0.15) is 24.2 Å². The molecule has 3 heteroatoms. The van der Waals surface area contributed by atoms with E-state index in [4.69, 9.17) is 4.74 Å². The molecule has 20 heavy (non-hydrogen) atoms. The summed E-state index contributed by atoms with van der Waals surface area (Å²) in [5, 5.41) is 13.7. The van der Waals surface area contributed by atoms with Crippen LogP contribution in [0.25, 0.3) is 0 Å². The van der Waals surface area contributed by atoms with Crippen LogP contribution >= 0.6 is 0 Å². The molecule has 0 aliphatic heterocycles. The Hall–Kier alpha value is -1.84. The Morgan fingerprint density at radius 1 is 1.10 bits per heavy atom. The molecule has 0 saturated carbocycles. The molecule has 0 aliphatic rings. The molecule has 2 rings (SSSR count). The van der Waals surface area contributed by atoms with E-state index in [2.05, 4.69) is 17.4 Å². The van der Waals surface area contributed by atoms with Crippen LogP contribution in [0.2, 0.25) is 0 Å². The van der Waals surface area contributed by atoms with Crippen LogP contribution in [0, 0.1) is 0 Å². The molecule has 0 amide bonds. The van der Waals surface area contributed by atoms with Crippen molar-refractivity contribution in [1.82, 2.24) is 5.32 Å². The van der Waals surface area contributed by atoms with Gasteiger partial charge in [0.1, 0.15) is 5.75 Å². The molecule has 0 fully saturated rings. The second kappa shape index (κ2) is 7.08. The van der Waals surface area contributed by atoms with Crippen LogP contribution in [0.5, 0.6) is 5.75 Å². The Bertz CT molecular complexity index is 528. The van der Waals surface area contributed by atoms with Gasteiger partial charge in [0, 0.05) is 12.6 Å². The van der Waals surface area contributed by atoms with Crippen LogP contribution in [-0.4, -0.2) is 18.3 Å². The van der Waals surface area contributed by atoms with Gasteiger partial charge in [-0.1, -0.05) is 42.5 Å². The maximum absolute atomic E-state index is 10.4. The molecule has 2 unspecified atom stereocenters. The van der Waals surface area contributed by atoms with E-state index >= 15 is 0 Å². The Morgan fingerprint density at radius 2 is 1.85 bits per heavy atom. The number of nitrogens with one attached hydrogen (secondary N) is 1. The summed E-state index contributed by atoms with van der Waals surface area (Å²) in [4.78, 5) is 0. The highest BCUT2D eigenvalue weighted by molar-refractivity contribution is 5.30. The summed E-state index contributed by atoms with van der Waals surface area (Å²) in [6, 6.07) is 17.7. The molecule has 2 aromatic rings. The van der Waals surface area contributed by atoms with Crippen molar-refractivity contribution in [2.45, 2.75) is 25.6 Å². The normalized spacial score (nSPS) is 13.8. The number of methoxy groups -OCH3 is 1. The van der Waals surface area contributed by atoms with Gasteiger partial charge in [-0.25, -0.2) is 0 Å². The molecular weight excluding hydrogens is 250 g/mol. The summed E-state index contributed by atoms with van der Waals surface area (Å²) in [5.74, 6) is 0.761. The molecule has 0 aromatic heterocycles. The summed E-state index contributed by atoms with van der Waals surface area (Å²) in [6.45, 7) is 2.72. The lowest BCUT2D eigenvalue weighted by Gasteiger charge is -2.21. The van der Waals surface area contributed by atoms with E-state index in [-0.39, 0.29) is 6.04 Å². The highest BCUT2D eigenvalue weighted by Crippen LogP contribution is 2.21. The molecule has 2 atom stereocenters. The van der Waals surface area contributed by atoms with Gasteiger partial charge in [-0.3, -0.25) is 0 Å². The fourth-order valence-electron chi connectivity index (χ4n) is 2.10. The maximum atomic E-state index is 10.4. The van der Waals surface area contributed by atoms with Gasteiger partial charge in [0.15, 0.2) is 0 Å². The summed E-state index contributed by atoms with van der Waals surface area (Å²) in [5.41, 5.74) is 2.06. The van der Waals surface area contributed by atoms with Gasteiger partial charge in [-0.05, 0) is 30.2 Å². The second-order valence-corrected chi connectivity index (χ2v) is 4.88. The fraction of sp³-hybridized carbons (Fsp3) is 0.294. The van der Waals surface area contributed by atoms with E-state index in [0.717, 1.165) is 17.9 Å². The summed E-state index contributed by atoms with van der Waals surface area (Å²) >= 11 is 0. The Balaban J connectivity index is 1.95. The van der Waals surface area contributed by atoms with E-state index in [1.807, 2.05) is 49.4 Å². The summed E-state index contributed by atoms with van der Waals surface area (Å²) in [6.07, 6.45) is -0.561. The van der Waals surface area contributed by atoms with E-state index in [9.17, 15) is 5.11 Å². The number of benzene rings is 2. The van der Waals surface area contributed by atoms with Gasteiger partial charge in [0.25, 0.3) is 0 Å². The first-order valence-corrected chi connectivity index (χ1v) is 6.80. The topological polar surface area (TPSA) is 41.5 Å². The van der Waals surface area contributed by atoms with Crippen molar-refractivity contribution < 1.29 is 9.84 Å². The number of ether oxygens (including phenoxy) is 1. The number of aliphatic hydroxyl groups excluding tert-OH is 1. The van der Waals surface area contributed by atoms with Crippen molar-refractivity contribution in [1.29, 1.82) is 0 Å². The lowest BCUT2D eigenvalue weighted by atomic mass is 10.0. The predicted octanol–water partition coefficient (Wildman–Crippen LogP) is 2.91. The zero-order valence-electron chi connectivity index (χ0n) is 11.9. The van der Waals surface area contributed by atoms with E-state index in [1.54, 1.807) is 7.11 Å². The number of hydrogen-bond donors (Lipinski definition) is 2. The van der Waals surface area contributed by atoms with Crippen LogP contribution in [-0.2, 0) is 6.54 Å². The minimum atomic E-state index is -0.561. The molecule has 0 bridgehead atoms. The molecular formula is C17H21NO2. The molecule has 0 heterocycles. The molecule has 0 aliphatic carbocycles. The minimum absolute atomic E-state index is 0.0395. The van der Waals surface area contributed by atoms with Crippen molar-refractivity contribution in [3.8, 4) is 5.75 Å². The fourth-order valence-corrected chi connectivity index (χ4v) is 2.10. The number of hydrogen-bond acceptors (Lipinski definition) is 3. The minimum Gasteiger partial charge on any atom is -0.497 e. The first kappa shape index (κ1) is 14.6. The third-order valence-electron chi connectivity index (χ3n) is 3.38. The van der Waals surface area contributed by atoms with Gasteiger partial charge < -0.3 is 15.2 Å². The molecule has 0 radical (unpaired) electrons. The quantitative estimate of drug-likeness (QED) is 0.849. The third kappa shape index (κ3) is 3.83. The van der Waals surface area contributed by atoms with Gasteiger partial charge >= 0.3 is 0 Å². The van der Waals surface area contributed by atoms with Gasteiger partial charge in [0.2, 0.25) is 0 Å². The number of aliphatic hydroxyl groups is 1. The molecule has 2 N–H and O–H groups in total. The molecule has 106 valence electrons. The molecule has 3 nitrogen and oxygen atoms in total. The van der Waals surface area contributed by atoms with Crippen molar-refractivity contribution >= 4 is 0 Å². The van der Waals surface area contributed by atoms with Crippen LogP contribution in [0.15, 0.2) is 54.6 Å². The highest BCUT2D eigenvalue weighted by Gasteiger charge is 2.16. The first-order chi connectivity index (χ1) is 9.70. The smallest absolute Gasteiger partial charge is 0.119 e. The monoisotopic (exact) mass is 271 g/mol. The first-order valence-electron chi connectivity index (χ1n) is 6.80. The second-order valence-electron chi connectivity index (χ2n) is 4.88. The lowest BCUT2D eigenvalue weighted by Crippen LogP contribution is -2.31. The highest BCUT2D eigenvalue weighted by atomic mass is 16.5. The van der Waals surface area contributed by atoms with Crippen molar-refractivity contribution in [3.63, 3.8) is 0 Å². The zero-order chi connectivity index (χ0) is 14.4.